The lowest BCUT2D eigenvalue weighted by molar-refractivity contribution is -0.397. The van der Waals surface area contributed by atoms with Crippen LogP contribution in [0.3, 0.4) is 0 Å². The number of ether oxygens (including phenoxy) is 1. The minimum absolute atomic E-state index is 1.25. The van der Waals surface area contributed by atoms with Crippen molar-refractivity contribution in [1.82, 2.24) is 0 Å². The van der Waals surface area contributed by atoms with Gasteiger partial charge in [0.1, 0.15) is 0 Å². The van der Waals surface area contributed by atoms with Crippen LogP contribution in [0.25, 0.3) is 0 Å². The molecule has 0 bridgehead atoms. The van der Waals surface area contributed by atoms with E-state index in [1.165, 1.54) is 12.8 Å². The quantitative estimate of drug-likeness (QED) is 0.527. The van der Waals surface area contributed by atoms with Gasteiger partial charge in [0, 0.05) is 0 Å². The number of carbonyl (C=O) groups excluding carboxylic acids is 1. The number of carbonyl (C=O) groups is 1. The summed E-state index contributed by atoms with van der Waals surface area (Å²) in [5.41, 5.74) is 0. The van der Waals surface area contributed by atoms with E-state index in [2.05, 4.69) is 32.4 Å². The van der Waals surface area contributed by atoms with Gasteiger partial charge in [0.25, 0.3) is 0 Å². The summed E-state index contributed by atoms with van der Waals surface area (Å²) in [5, 5.41) is 0. The number of rotatable bonds is 4. The molecule has 0 aromatic carbocycles. The standard InChI is InChI=1S/C5H2F8O2.2C3H8/c6-1-3(8,9)15-4(10,2(7)14)5(11,12)13;2*1-3-2/h1H2;2*3H2,1-2H3. The zero-order valence-electron chi connectivity index (χ0n) is 12.0. The lowest BCUT2D eigenvalue weighted by Crippen LogP contribution is -2.53. The van der Waals surface area contributed by atoms with Crippen LogP contribution in [0.4, 0.5) is 35.1 Å². The van der Waals surface area contributed by atoms with Crippen molar-refractivity contribution in [2.75, 3.05) is 6.67 Å². The SMILES string of the molecule is CCC.CCC.O=C(F)C(F)(OC(F)(F)CF)C(F)(F)F. The third-order valence-electron chi connectivity index (χ3n) is 1.06. The van der Waals surface area contributed by atoms with Gasteiger partial charge >= 0.3 is 24.2 Å². The van der Waals surface area contributed by atoms with Crippen LogP contribution >= 0.6 is 0 Å². The third-order valence-corrected chi connectivity index (χ3v) is 1.06. The second kappa shape index (κ2) is 10.7. The molecule has 0 rings (SSSR count). The van der Waals surface area contributed by atoms with Crippen molar-refractivity contribution in [3.63, 3.8) is 0 Å². The Balaban J connectivity index is -0.000000460. The Morgan fingerprint density at radius 3 is 1.33 bits per heavy atom. The molecule has 2 nitrogen and oxygen atoms in total. The molecule has 0 heterocycles. The number of hydrogen-bond acceptors (Lipinski definition) is 2. The van der Waals surface area contributed by atoms with Gasteiger partial charge in [0.2, 0.25) is 0 Å². The molecule has 0 saturated heterocycles. The molecule has 130 valence electrons. The minimum atomic E-state index is -6.38. The van der Waals surface area contributed by atoms with Crippen molar-refractivity contribution in [1.29, 1.82) is 0 Å². The first-order valence-electron chi connectivity index (χ1n) is 5.88. The Bertz CT molecular complexity index is 278. The molecule has 21 heavy (non-hydrogen) atoms. The molecule has 0 spiro atoms. The highest BCUT2D eigenvalue weighted by molar-refractivity contribution is 5.77. The summed E-state index contributed by atoms with van der Waals surface area (Å²) < 4.78 is 96.1. The summed E-state index contributed by atoms with van der Waals surface area (Å²) >= 11 is 0. The highest BCUT2D eigenvalue weighted by Crippen LogP contribution is 2.40. The summed E-state index contributed by atoms with van der Waals surface area (Å²) in [6.07, 6.45) is -9.14. The lowest BCUT2D eigenvalue weighted by Gasteiger charge is -2.26. The van der Waals surface area contributed by atoms with Gasteiger partial charge in [-0.3, -0.25) is 9.53 Å². The Kier molecular flexibility index (Phi) is 12.8. The first-order chi connectivity index (χ1) is 9.29. The second-order valence-corrected chi connectivity index (χ2v) is 3.65. The minimum Gasteiger partial charge on any atom is -0.264 e. The summed E-state index contributed by atoms with van der Waals surface area (Å²) in [5.74, 6) is -5.87. The van der Waals surface area contributed by atoms with Crippen LogP contribution in [0.15, 0.2) is 0 Å². The largest absolute Gasteiger partial charge is 0.459 e. The first kappa shape index (κ1) is 25.0. The van der Waals surface area contributed by atoms with Gasteiger partial charge in [-0.2, -0.15) is 30.7 Å². The van der Waals surface area contributed by atoms with Crippen molar-refractivity contribution in [3.8, 4) is 0 Å². The average Bonchev–Trinajstić information content (AvgIpc) is 2.28. The molecule has 0 radical (unpaired) electrons. The number of halogens is 8. The molecule has 1 atom stereocenters. The van der Waals surface area contributed by atoms with Crippen LogP contribution in [-0.2, 0) is 9.53 Å². The van der Waals surface area contributed by atoms with Crippen LogP contribution in [0.5, 0.6) is 0 Å². The van der Waals surface area contributed by atoms with Crippen molar-refractivity contribution in [2.45, 2.75) is 58.7 Å². The highest BCUT2D eigenvalue weighted by Gasteiger charge is 2.68. The summed E-state index contributed by atoms with van der Waals surface area (Å²) in [6, 6.07) is -3.84. The predicted octanol–water partition coefficient (Wildman–Crippen LogP) is 5.12. The number of hydrogen-bond donors (Lipinski definition) is 0. The van der Waals surface area contributed by atoms with Crippen LogP contribution < -0.4 is 0 Å². The summed E-state index contributed by atoms with van der Waals surface area (Å²) in [7, 11) is 0. The molecule has 1 unspecified atom stereocenters. The van der Waals surface area contributed by atoms with Gasteiger partial charge in [-0.25, -0.2) is 4.39 Å². The predicted molar refractivity (Wildman–Crippen MR) is 59.9 cm³/mol. The molecule has 0 aliphatic rings. The molecule has 0 fully saturated rings. The molecular weight excluding hydrogens is 316 g/mol. The van der Waals surface area contributed by atoms with E-state index in [1.54, 1.807) is 0 Å². The van der Waals surface area contributed by atoms with Gasteiger partial charge in [-0.15, -0.1) is 0 Å². The van der Waals surface area contributed by atoms with Crippen molar-refractivity contribution in [2.24, 2.45) is 0 Å². The molecule has 10 heteroatoms. The number of alkyl halides is 7. The van der Waals surface area contributed by atoms with Gasteiger partial charge in [-0.1, -0.05) is 40.5 Å². The topological polar surface area (TPSA) is 26.3 Å². The summed E-state index contributed by atoms with van der Waals surface area (Å²) in [6.45, 7) is 5.65. The van der Waals surface area contributed by atoms with Crippen molar-refractivity contribution in [3.05, 3.63) is 0 Å². The second-order valence-electron chi connectivity index (χ2n) is 3.65. The smallest absolute Gasteiger partial charge is 0.264 e. The van der Waals surface area contributed by atoms with Gasteiger partial charge < -0.3 is 0 Å². The van der Waals surface area contributed by atoms with Crippen molar-refractivity contribution >= 4 is 6.04 Å². The van der Waals surface area contributed by atoms with E-state index in [0.717, 1.165) is 0 Å². The Labute approximate surface area is 117 Å². The van der Waals surface area contributed by atoms with Crippen molar-refractivity contribution < 1.29 is 44.7 Å². The van der Waals surface area contributed by atoms with Gasteiger partial charge in [-0.05, 0) is 0 Å². The van der Waals surface area contributed by atoms with Crippen LogP contribution in [-0.4, -0.2) is 30.9 Å². The zero-order chi connectivity index (χ0) is 17.9. The Morgan fingerprint density at radius 1 is 0.905 bits per heavy atom. The maximum atomic E-state index is 12.4. The van der Waals surface area contributed by atoms with Gasteiger partial charge in [0.05, 0.1) is 0 Å². The first-order valence-corrected chi connectivity index (χ1v) is 5.88. The van der Waals surface area contributed by atoms with E-state index in [-0.39, 0.29) is 0 Å². The third kappa shape index (κ3) is 10.4. The highest BCUT2D eigenvalue weighted by atomic mass is 19.4. The fourth-order valence-corrected chi connectivity index (χ4v) is 0.442. The van der Waals surface area contributed by atoms with E-state index in [4.69, 9.17) is 0 Å². The Morgan fingerprint density at radius 2 is 1.19 bits per heavy atom. The van der Waals surface area contributed by atoms with E-state index in [1.807, 2.05) is 0 Å². The average molecular weight is 334 g/mol. The molecule has 0 aliphatic carbocycles. The molecule has 0 N–H and O–H groups in total. The van der Waals surface area contributed by atoms with Crippen LogP contribution in [0, 0.1) is 0 Å². The zero-order valence-corrected chi connectivity index (χ0v) is 12.0. The van der Waals surface area contributed by atoms with Crippen LogP contribution in [0.1, 0.15) is 40.5 Å². The normalized spacial score (nSPS) is 14.1. The van der Waals surface area contributed by atoms with Gasteiger partial charge in [0.15, 0.2) is 6.67 Å². The fourth-order valence-electron chi connectivity index (χ4n) is 0.442. The van der Waals surface area contributed by atoms with E-state index in [9.17, 15) is 39.9 Å². The van der Waals surface area contributed by atoms with E-state index < -0.39 is 30.9 Å². The van der Waals surface area contributed by atoms with E-state index in [0.29, 0.717) is 0 Å². The molecule has 0 aromatic heterocycles. The molecule has 0 aromatic rings. The lowest BCUT2D eigenvalue weighted by atomic mass is 10.3. The molecular formula is C11H18F8O2. The summed E-state index contributed by atoms with van der Waals surface area (Å²) in [4.78, 5) is 9.56. The monoisotopic (exact) mass is 334 g/mol. The Hall–Kier alpha value is -0.930. The molecule has 0 saturated carbocycles. The fraction of sp³-hybridized carbons (Fsp3) is 0.909. The maximum absolute atomic E-state index is 12.4. The molecule has 0 amide bonds. The maximum Gasteiger partial charge on any atom is 0.459 e. The van der Waals surface area contributed by atoms with E-state index >= 15 is 0 Å². The van der Waals surface area contributed by atoms with Crippen LogP contribution in [0.2, 0.25) is 0 Å². The molecule has 0 aliphatic heterocycles.